The van der Waals surface area contributed by atoms with E-state index in [1.54, 1.807) is 12.3 Å². The first-order valence-electron chi connectivity index (χ1n) is 11.2. The van der Waals surface area contributed by atoms with Gasteiger partial charge in [-0.05, 0) is 30.2 Å². The maximum Gasteiger partial charge on any atom is 0.258 e. The third-order valence-electron chi connectivity index (χ3n) is 6.17. The molecule has 14 heteroatoms. The lowest BCUT2D eigenvalue weighted by Crippen LogP contribution is -2.49. The first-order chi connectivity index (χ1) is 17.2. The zero-order valence-corrected chi connectivity index (χ0v) is 19.3. The number of nitrogens with zero attached hydrogens (tertiary/aromatic N) is 7. The van der Waals surface area contributed by atoms with Gasteiger partial charge in [-0.2, -0.15) is 4.98 Å². The summed E-state index contributed by atoms with van der Waals surface area (Å²) in [4.78, 5) is 17.3. The molecule has 4 aromatic rings. The smallest absolute Gasteiger partial charge is 0.258 e. The molecule has 5 rings (SSSR count). The van der Waals surface area contributed by atoms with Crippen LogP contribution >= 0.6 is 0 Å². The molecule has 3 aromatic heterocycles. The molecule has 190 valence electrons. The monoisotopic (exact) mass is 506 g/mol. The molecule has 1 N–H and O–H groups in total. The van der Waals surface area contributed by atoms with Crippen LogP contribution in [0.3, 0.4) is 0 Å². The Bertz CT molecular complexity index is 1440. The van der Waals surface area contributed by atoms with Crippen LogP contribution in [0.15, 0.2) is 24.4 Å². The number of carbonyl (C=O) groups excluding carboxylic acids is 1. The first kappa shape index (κ1) is 23.8. The van der Waals surface area contributed by atoms with Gasteiger partial charge >= 0.3 is 0 Å². The van der Waals surface area contributed by atoms with Crippen LogP contribution < -0.4 is 10.1 Å². The van der Waals surface area contributed by atoms with Crippen molar-refractivity contribution in [2.75, 3.05) is 25.5 Å². The predicted octanol–water partition coefficient (Wildman–Crippen LogP) is 2.92. The highest BCUT2D eigenvalue weighted by Crippen LogP contribution is 2.34. The Balaban J connectivity index is 1.50. The molecule has 1 aliphatic heterocycles. The molecule has 1 amide bonds. The van der Waals surface area contributed by atoms with Crippen LogP contribution in [0.2, 0.25) is 0 Å². The van der Waals surface area contributed by atoms with Gasteiger partial charge in [-0.15, -0.1) is 10.2 Å². The van der Waals surface area contributed by atoms with E-state index in [4.69, 9.17) is 4.74 Å². The highest BCUT2D eigenvalue weighted by molar-refractivity contribution is 5.89. The number of amides is 1. The number of rotatable bonds is 6. The lowest BCUT2D eigenvalue weighted by molar-refractivity contribution is -0.131. The van der Waals surface area contributed by atoms with E-state index < -0.39 is 31.0 Å². The number of piperidine rings is 1. The highest BCUT2D eigenvalue weighted by atomic mass is 19.3. The van der Waals surface area contributed by atoms with Crippen molar-refractivity contribution in [3.8, 4) is 17.0 Å². The van der Waals surface area contributed by atoms with Crippen LogP contribution in [0.1, 0.15) is 13.3 Å². The maximum absolute atomic E-state index is 14.8. The molecule has 0 unspecified atom stereocenters. The minimum atomic E-state index is -2.69. The number of hydrogen-bond acceptors (Lipinski definition) is 7. The third-order valence-corrected chi connectivity index (χ3v) is 6.17. The van der Waals surface area contributed by atoms with Crippen molar-refractivity contribution in [1.82, 2.24) is 34.5 Å². The van der Waals surface area contributed by atoms with Gasteiger partial charge in [-0.3, -0.25) is 4.79 Å². The van der Waals surface area contributed by atoms with Crippen LogP contribution in [0.25, 0.3) is 27.7 Å². The average Bonchev–Trinajstić information content (AvgIpc) is 3.44. The second-order valence-electron chi connectivity index (χ2n) is 8.48. The van der Waals surface area contributed by atoms with Crippen molar-refractivity contribution in [2.45, 2.75) is 38.5 Å². The second kappa shape index (κ2) is 9.24. The number of methoxy groups -OCH3 is 1. The van der Waals surface area contributed by atoms with Crippen LogP contribution in [0.5, 0.6) is 5.88 Å². The fourth-order valence-corrected chi connectivity index (χ4v) is 4.40. The quantitative estimate of drug-likeness (QED) is 0.401. The zero-order valence-electron chi connectivity index (χ0n) is 19.3. The normalized spacial score (nSPS) is 18.4. The fraction of sp³-hybridized carbons (Fsp3) is 0.409. The van der Waals surface area contributed by atoms with Gasteiger partial charge in [0, 0.05) is 25.2 Å². The van der Waals surface area contributed by atoms with E-state index in [-0.39, 0.29) is 35.3 Å². The van der Waals surface area contributed by atoms with Crippen molar-refractivity contribution < 1.29 is 27.1 Å². The van der Waals surface area contributed by atoms with Crippen LogP contribution in [0, 0.1) is 5.82 Å². The van der Waals surface area contributed by atoms with Crippen molar-refractivity contribution in [1.29, 1.82) is 0 Å². The van der Waals surface area contributed by atoms with Crippen LogP contribution in [0.4, 0.5) is 23.5 Å². The lowest BCUT2D eigenvalue weighted by atomic mass is 10.0. The summed E-state index contributed by atoms with van der Waals surface area (Å²) >= 11 is 0. The number of ether oxygens (including phenoxy) is 1. The number of fused-ring (bicyclic) bond motifs is 2. The van der Waals surface area contributed by atoms with E-state index in [1.807, 2.05) is 0 Å². The predicted molar refractivity (Wildman–Crippen MR) is 121 cm³/mol. The highest BCUT2D eigenvalue weighted by Gasteiger charge is 2.31. The molecule has 1 aliphatic rings. The molecule has 1 saturated heterocycles. The van der Waals surface area contributed by atoms with Gasteiger partial charge in [0.2, 0.25) is 17.7 Å². The number of carbonyl (C=O) groups is 1. The summed E-state index contributed by atoms with van der Waals surface area (Å²) in [6.07, 6.45) is -2.02. The molecule has 1 aromatic carbocycles. The Labute approximate surface area is 201 Å². The summed E-state index contributed by atoms with van der Waals surface area (Å²) in [7, 11) is 1.40. The fourth-order valence-electron chi connectivity index (χ4n) is 4.40. The minimum Gasteiger partial charge on any atom is -0.479 e. The summed E-state index contributed by atoms with van der Waals surface area (Å²) in [5.41, 5.74) is 1.26. The number of likely N-dealkylation sites (tertiary alicyclic amines) is 1. The van der Waals surface area contributed by atoms with E-state index in [9.17, 15) is 22.4 Å². The van der Waals surface area contributed by atoms with E-state index >= 15 is 0 Å². The average molecular weight is 506 g/mol. The second-order valence-corrected chi connectivity index (χ2v) is 8.48. The number of alkyl halides is 3. The summed E-state index contributed by atoms with van der Waals surface area (Å²) in [5.74, 6) is -0.639. The van der Waals surface area contributed by atoms with Crippen molar-refractivity contribution in [2.24, 2.45) is 0 Å². The van der Waals surface area contributed by atoms with E-state index in [1.165, 1.54) is 35.6 Å². The lowest BCUT2D eigenvalue weighted by Gasteiger charge is -2.34. The Hall–Kier alpha value is -3.97. The number of benzene rings is 1. The van der Waals surface area contributed by atoms with E-state index in [0.717, 1.165) is 4.68 Å². The molecule has 10 nitrogen and oxygen atoms in total. The largest absolute Gasteiger partial charge is 0.479 e. The van der Waals surface area contributed by atoms with Gasteiger partial charge in [0.25, 0.3) is 6.43 Å². The topological polar surface area (TPSA) is 102 Å². The first-order valence-corrected chi connectivity index (χ1v) is 11.2. The third kappa shape index (κ3) is 4.27. The zero-order chi connectivity index (χ0) is 25.6. The minimum absolute atomic E-state index is 0.0227. The van der Waals surface area contributed by atoms with Crippen LogP contribution in [-0.4, -0.2) is 79.2 Å². The number of hydrogen-bond donors (Lipinski definition) is 1. The van der Waals surface area contributed by atoms with Gasteiger partial charge in [0.05, 0.1) is 25.2 Å². The molecule has 4 heterocycles. The SMILES string of the molecule is COc1nc(N[C@H]2CCN(C(C)=O)C[C@H]2F)nn2ccc(-c3cc(F)c4nnn(CC(F)F)c4c3)c12. The van der Waals surface area contributed by atoms with Crippen molar-refractivity contribution in [3.05, 3.63) is 30.2 Å². The Morgan fingerprint density at radius 3 is 2.83 bits per heavy atom. The van der Waals surface area contributed by atoms with E-state index in [0.29, 0.717) is 29.6 Å². The molecule has 2 atom stereocenters. The molecule has 0 bridgehead atoms. The molecular weight excluding hydrogens is 484 g/mol. The van der Waals surface area contributed by atoms with Gasteiger partial charge in [0.15, 0.2) is 5.82 Å². The number of aromatic nitrogens is 6. The maximum atomic E-state index is 14.8. The Morgan fingerprint density at radius 1 is 1.33 bits per heavy atom. The van der Waals surface area contributed by atoms with Crippen molar-refractivity contribution in [3.63, 3.8) is 0 Å². The standard InChI is InChI=1S/C22H22F4N8O2/c1-11(35)32-5-4-16(15(24)9-32)27-22-28-21(36-2)20-13(3-6-33(20)30-22)12-7-14(23)19-17(8-12)34(31-29-19)10-18(25)26/h3,6-8,15-16,18H,4-5,9-10H2,1-2H3,(H,27,30)/t15-,16+/m1/s1. The number of nitrogens with one attached hydrogen (secondary N) is 1. The number of halogens is 4. The van der Waals surface area contributed by atoms with E-state index in [2.05, 4.69) is 25.7 Å². The van der Waals surface area contributed by atoms with Crippen molar-refractivity contribution >= 4 is 28.4 Å². The number of anilines is 1. The molecular formula is C22H22F4N8O2. The van der Waals surface area contributed by atoms with Crippen LogP contribution in [-0.2, 0) is 11.3 Å². The summed E-state index contributed by atoms with van der Waals surface area (Å²) in [6, 6.07) is 3.79. The van der Waals surface area contributed by atoms with Gasteiger partial charge in [0.1, 0.15) is 23.7 Å². The molecule has 36 heavy (non-hydrogen) atoms. The summed E-state index contributed by atoms with van der Waals surface area (Å²) in [6.45, 7) is 1.06. The molecule has 0 radical (unpaired) electrons. The molecule has 0 saturated carbocycles. The van der Waals surface area contributed by atoms with Gasteiger partial charge in [-0.1, -0.05) is 5.21 Å². The molecule has 1 fully saturated rings. The molecule has 0 spiro atoms. The summed E-state index contributed by atoms with van der Waals surface area (Å²) < 4.78 is 63.2. The Morgan fingerprint density at radius 2 is 2.14 bits per heavy atom. The Kier molecular flexibility index (Phi) is 6.10. The summed E-state index contributed by atoms with van der Waals surface area (Å²) in [5, 5.41) is 14.7. The van der Waals surface area contributed by atoms with Gasteiger partial charge < -0.3 is 15.0 Å². The molecule has 0 aliphatic carbocycles. The van der Waals surface area contributed by atoms with Gasteiger partial charge in [-0.25, -0.2) is 26.8 Å².